The van der Waals surface area contributed by atoms with Crippen LogP contribution in [0, 0.1) is 5.82 Å². The zero-order chi connectivity index (χ0) is 12.8. The van der Waals surface area contributed by atoms with Crippen LogP contribution < -0.4 is 0 Å². The second kappa shape index (κ2) is 6.64. The number of nitrogens with zero attached hydrogens (tertiary/aromatic N) is 1. The molecule has 0 atom stereocenters. The van der Waals surface area contributed by atoms with Crippen LogP contribution >= 0.6 is 15.9 Å². The van der Waals surface area contributed by atoms with E-state index in [0.717, 1.165) is 11.0 Å². The van der Waals surface area contributed by atoms with Gasteiger partial charge in [-0.1, -0.05) is 28.1 Å². The van der Waals surface area contributed by atoms with Gasteiger partial charge in [-0.05, 0) is 12.1 Å². The topological polar surface area (TPSA) is 20.3 Å². The highest BCUT2D eigenvalue weighted by Crippen LogP contribution is 2.11. The third kappa shape index (κ3) is 4.03. The van der Waals surface area contributed by atoms with E-state index in [1.54, 1.807) is 0 Å². The van der Waals surface area contributed by atoms with Crippen LogP contribution in [0.15, 0.2) is 24.3 Å². The fourth-order valence-corrected chi connectivity index (χ4v) is 1.78. The number of halogens is 4. The smallest absolute Gasteiger partial charge is 0.257 e. The van der Waals surface area contributed by atoms with Crippen molar-refractivity contribution in [2.45, 2.75) is 6.43 Å². The molecule has 0 aliphatic carbocycles. The summed E-state index contributed by atoms with van der Waals surface area (Å²) >= 11 is 3.07. The highest BCUT2D eigenvalue weighted by molar-refractivity contribution is 9.09. The van der Waals surface area contributed by atoms with E-state index >= 15 is 0 Å². The number of amides is 1. The Morgan fingerprint density at radius 2 is 2.00 bits per heavy atom. The highest BCUT2D eigenvalue weighted by Gasteiger charge is 2.21. The standard InChI is InChI=1S/C11H11BrF3NO/c12-5-6-16(7-10(14)15)11(17)8-3-1-2-4-9(8)13/h1-4,10H,5-7H2. The molecule has 94 valence electrons. The van der Waals surface area contributed by atoms with E-state index in [4.69, 9.17) is 0 Å². The largest absolute Gasteiger partial charge is 0.332 e. The summed E-state index contributed by atoms with van der Waals surface area (Å²) < 4.78 is 37.9. The van der Waals surface area contributed by atoms with Crippen molar-refractivity contribution in [2.75, 3.05) is 18.4 Å². The predicted octanol–water partition coefficient (Wildman–Crippen LogP) is 2.93. The average Bonchev–Trinajstić information content (AvgIpc) is 2.28. The van der Waals surface area contributed by atoms with Gasteiger partial charge in [-0.2, -0.15) is 0 Å². The average molecular weight is 310 g/mol. The maximum atomic E-state index is 13.3. The Morgan fingerprint density at radius 1 is 1.35 bits per heavy atom. The molecule has 1 rings (SSSR count). The Morgan fingerprint density at radius 3 is 2.53 bits per heavy atom. The van der Waals surface area contributed by atoms with E-state index in [0.29, 0.717) is 5.33 Å². The van der Waals surface area contributed by atoms with Crippen molar-refractivity contribution in [3.05, 3.63) is 35.6 Å². The first-order valence-electron chi connectivity index (χ1n) is 4.94. The number of hydrogen-bond donors (Lipinski definition) is 0. The number of carbonyl (C=O) groups excluding carboxylic acids is 1. The molecule has 6 heteroatoms. The van der Waals surface area contributed by atoms with Crippen LogP contribution in [0.25, 0.3) is 0 Å². The molecule has 0 bridgehead atoms. The quantitative estimate of drug-likeness (QED) is 0.766. The van der Waals surface area contributed by atoms with Gasteiger partial charge in [0.2, 0.25) is 0 Å². The molecule has 0 radical (unpaired) electrons. The van der Waals surface area contributed by atoms with Crippen LogP contribution in [-0.4, -0.2) is 35.7 Å². The van der Waals surface area contributed by atoms with Gasteiger partial charge in [0.05, 0.1) is 12.1 Å². The molecule has 17 heavy (non-hydrogen) atoms. The molecule has 0 unspecified atom stereocenters. The second-order valence-electron chi connectivity index (χ2n) is 3.31. The molecule has 0 saturated heterocycles. The zero-order valence-corrected chi connectivity index (χ0v) is 10.5. The summed E-state index contributed by atoms with van der Waals surface area (Å²) in [5.41, 5.74) is -0.186. The third-order valence-corrected chi connectivity index (χ3v) is 2.46. The Bertz CT molecular complexity index is 387. The van der Waals surface area contributed by atoms with Crippen LogP contribution in [0.2, 0.25) is 0 Å². The zero-order valence-electron chi connectivity index (χ0n) is 8.88. The van der Waals surface area contributed by atoms with Gasteiger partial charge in [0.15, 0.2) is 0 Å². The van der Waals surface area contributed by atoms with Crippen molar-refractivity contribution >= 4 is 21.8 Å². The summed E-state index contributed by atoms with van der Waals surface area (Å²) in [6, 6.07) is 5.34. The molecular formula is C11H11BrF3NO. The normalized spacial score (nSPS) is 10.6. The van der Waals surface area contributed by atoms with Gasteiger partial charge in [0.1, 0.15) is 5.82 Å². The Labute approximate surface area is 106 Å². The molecule has 1 aromatic rings. The van der Waals surface area contributed by atoms with Gasteiger partial charge in [0, 0.05) is 11.9 Å². The van der Waals surface area contributed by atoms with Gasteiger partial charge in [0.25, 0.3) is 12.3 Å². The maximum Gasteiger partial charge on any atom is 0.257 e. The first-order valence-corrected chi connectivity index (χ1v) is 6.06. The van der Waals surface area contributed by atoms with Crippen LogP contribution in [0.4, 0.5) is 13.2 Å². The van der Waals surface area contributed by atoms with Gasteiger partial charge in [-0.25, -0.2) is 13.2 Å². The van der Waals surface area contributed by atoms with E-state index in [2.05, 4.69) is 15.9 Å². The predicted molar refractivity (Wildman–Crippen MR) is 62.1 cm³/mol. The molecule has 0 fully saturated rings. The van der Waals surface area contributed by atoms with Crippen molar-refractivity contribution in [2.24, 2.45) is 0 Å². The molecule has 1 aromatic carbocycles. The van der Waals surface area contributed by atoms with E-state index in [1.165, 1.54) is 18.2 Å². The second-order valence-corrected chi connectivity index (χ2v) is 4.10. The summed E-state index contributed by atoms with van der Waals surface area (Å²) in [7, 11) is 0. The first-order chi connectivity index (χ1) is 8.06. The van der Waals surface area contributed by atoms with E-state index in [-0.39, 0.29) is 12.1 Å². The lowest BCUT2D eigenvalue weighted by Gasteiger charge is -2.21. The van der Waals surface area contributed by atoms with Crippen molar-refractivity contribution in [1.29, 1.82) is 0 Å². The fourth-order valence-electron chi connectivity index (χ4n) is 1.35. The van der Waals surface area contributed by atoms with Crippen molar-refractivity contribution in [3.63, 3.8) is 0 Å². The molecule has 0 saturated carbocycles. The van der Waals surface area contributed by atoms with Crippen LogP contribution in [0.5, 0.6) is 0 Å². The Kier molecular flexibility index (Phi) is 5.47. The lowest BCUT2D eigenvalue weighted by Crippen LogP contribution is -2.37. The number of benzene rings is 1. The van der Waals surface area contributed by atoms with E-state index in [9.17, 15) is 18.0 Å². The van der Waals surface area contributed by atoms with Crippen molar-refractivity contribution in [1.82, 2.24) is 4.90 Å². The lowest BCUT2D eigenvalue weighted by atomic mass is 10.2. The third-order valence-electron chi connectivity index (χ3n) is 2.10. The molecule has 2 nitrogen and oxygen atoms in total. The monoisotopic (exact) mass is 309 g/mol. The minimum atomic E-state index is -2.63. The first kappa shape index (κ1) is 14.0. The molecule has 0 aromatic heterocycles. The molecule has 0 heterocycles. The number of carbonyl (C=O) groups is 1. The number of alkyl halides is 3. The van der Waals surface area contributed by atoms with Gasteiger partial charge in [-0.15, -0.1) is 0 Å². The molecule has 0 aliphatic heterocycles. The summed E-state index contributed by atoms with van der Waals surface area (Å²) in [6.45, 7) is -0.587. The molecule has 0 spiro atoms. The van der Waals surface area contributed by atoms with Crippen molar-refractivity contribution in [3.8, 4) is 0 Å². The number of hydrogen-bond acceptors (Lipinski definition) is 1. The van der Waals surface area contributed by atoms with E-state index in [1.807, 2.05) is 0 Å². The van der Waals surface area contributed by atoms with Gasteiger partial charge in [-0.3, -0.25) is 4.79 Å². The van der Waals surface area contributed by atoms with Gasteiger partial charge < -0.3 is 4.90 Å². The minimum Gasteiger partial charge on any atom is -0.332 e. The Balaban J connectivity index is 2.88. The van der Waals surface area contributed by atoms with Crippen LogP contribution in [-0.2, 0) is 0 Å². The SMILES string of the molecule is O=C(c1ccccc1F)N(CCBr)CC(F)F. The fraction of sp³-hybridized carbons (Fsp3) is 0.364. The van der Waals surface area contributed by atoms with Crippen molar-refractivity contribution < 1.29 is 18.0 Å². The molecule has 0 aliphatic rings. The summed E-state index contributed by atoms with van der Waals surface area (Å²) in [5, 5.41) is 0.361. The van der Waals surface area contributed by atoms with E-state index < -0.39 is 24.7 Å². The van der Waals surface area contributed by atoms with Crippen LogP contribution in [0.1, 0.15) is 10.4 Å². The lowest BCUT2D eigenvalue weighted by molar-refractivity contribution is 0.0568. The summed E-state index contributed by atoms with van der Waals surface area (Å²) in [5.74, 6) is -1.42. The molecule has 1 amide bonds. The molecular weight excluding hydrogens is 299 g/mol. The Hall–Kier alpha value is -1.04. The maximum absolute atomic E-state index is 13.3. The minimum absolute atomic E-state index is 0.109. The summed E-state index contributed by atoms with van der Waals surface area (Å²) in [6.07, 6.45) is -2.63. The summed E-state index contributed by atoms with van der Waals surface area (Å²) in [4.78, 5) is 12.8. The van der Waals surface area contributed by atoms with Gasteiger partial charge >= 0.3 is 0 Å². The number of rotatable bonds is 5. The highest BCUT2D eigenvalue weighted by atomic mass is 79.9. The van der Waals surface area contributed by atoms with Crippen LogP contribution in [0.3, 0.4) is 0 Å². The molecule has 0 N–H and O–H groups in total.